The Morgan fingerprint density at radius 2 is 2.05 bits per heavy atom. The van der Waals surface area contributed by atoms with Gasteiger partial charge < -0.3 is 20.1 Å². The summed E-state index contributed by atoms with van der Waals surface area (Å²) in [6.07, 6.45) is 7.32. The standard InChI is InChI=1S/C15H28N2O3.ClH/c1-19-14(10-16)9-15(18)17(12-5-2-3-6-12)11-13-7-4-8-20-13;/h12-14H,2-11,16H2,1H3;1H. The lowest BCUT2D eigenvalue weighted by molar-refractivity contribution is -0.137. The highest BCUT2D eigenvalue weighted by Crippen LogP contribution is 2.26. The Morgan fingerprint density at radius 3 is 2.57 bits per heavy atom. The van der Waals surface area contributed by atoms with E-state index in [1.54, 1.807) is 7.11 Å². The van der Waals surface area contributed by atoms with Crippen LogP contribution in [-0.2, 0) is 14.3 Å². The molecule has 21 heavy (non-hydrogen) atoms. The Kier molecular flexibility index (Phi) is 8.56. The van der Waals surface area contributed by atoms with E-state index in [1.165, 1.54) is 12.8 Å². The number of nitrogens with two attached hydrogens (primary N) is 1. The summed E-state index contributed by atoms with van der Waals surface area (Å²) in [5, 5.41) is 0. The molecule has 2 unspecified atom stereocenters. The largest absolute Gasteiger partial charge is 0.380 e. The summed E-state index contributed by atoms with van der Waals surface area (Å²) >= 11 is 0. The number of amides is 1. The third-order valence-electron chi connectivity index (χ3n) is 4.51. The molecule has 1 saturated heterocycles. The number of carbonyl (C=O) groups excluding carboxylic acids is 1. The van der Waals surface area contributed by atoms with Crippen molar-refractivity contribution in [1.29, 1.82) is 0 Å². The number of carbonyl (C=O) groups is 1. The minimum absolute atomic E-state index is 0. The lowest BCUT2D eigenvalue weighted by Crippen LogP contribution is -2.45. The highest BCUT2D eigenvalue weighted by Gasteiger charge is 2.31. The number of hydrogen-bond donors (Lipinski definition) is 1. The Labute approximate surface area is 133 Å². The summed E-state index contributed by atoms with van der Waals surface area (Å²) in [7, 11) is 1.62. The predicted molar refractivity (Wildman–Crippen MR) is 84.7 cm³/mol. The van der Waals surface area contributed by atoms with E-state index in [0.717, 1.165) is 38.8 Å². The number of ether oxygens (including phenoxy) is 2. The fourth-order valence-electron chi connectivity index (χ4n) is 3.25. The molecule has 0 spiro atoms. The minimum Gasteiger partial charge on any atom is -0.380 e. The highest BCUT2D eigenvalue weighted by molar-refractivity contribution is 5.85. The summed E-state index contributed by atoms with van der Waals surface area (Å²) in [5.74, 6) is 0.171. The van der Waals surface area contributed by atoms with E-state index in [-0.39, 0.29) is 30.5 Å². The average molecular weight is 321 g/mol. The molecule has 1 saturated carbocycles. The number of hydrogen-bond acceptors (Lipinski definition) is 4. The Hall–Kier alpha value is -0.360. The van der Waals surface area contributed by atoms with Crippen LogP contribution >= 0.6 is 12.4 Å². The molecular formula is C15H29ClN2O3. The van der Waals surface area contributed by atoms with E-state index >= 15 is 0 Å². The van der Waals surface area contributed by atoms with Gasteiger partial charge >= 0.3 is 0 Å². The molecule has 124 valence electrons. The lowest BCUT2D eigenvalue weighted by Gasteiger charge is -2.32. The highest BCUT2D eigenvalue weighted by atomic mass is 35.5. The van der Waals surface area contributed by atoms with Crippen molar-refractivity contribution < 1.29 is 14.3 Å². The second kappa shape index (κ2) is 9.62. The molecule has 0 bridgehead atoms. The zero-order valence-corrected chi connectivity index (χ0v) is 13.8. The lowest BCUT2D eigenvalue weighted by atomic mass is 10.1. The molecule has 6 heteroatoms. The SMILES string of the molecule is COC(CN)CC(=O)N(CC1CCCO1)C1CCCC1.Cl. The fourth-order valence-corrected chi connectivity index (χ4v) is 3.25. The van der Waals surface area contributed by atoms with Crippen molar-refractivity contribution in [2.75, 3.05) is 26.8 Å². The van der Waals surface area contributed by atoms with Gasteiger partial charge in [0.2, 0.25) is 5.91 Å². The van der Waals surface area contributed by atoms with Gasteiger partial charge in [-0.1, -0.05) is 12.8 Å². The maximum absolute atomic E-state index is 12.6. The zero-order chi connectivity index (χ0) is 14.4. The van der Waals surface area contributed by atoms with Crippen molar-refractivity contribution in [1.82, 2.24) is 4.90 Å². The maximum atomic E-state index is 12.6. The first-order valence-electron chi connectivity index (χ1n) is 7.88. The number of nitrogens with zero attached hydrogens (tertiary/aromatic N) is 1. The van der Waals surface area contributed by atoms with E-state index in [2.05, 4.69) is 0 Å². The van der Waals surface area contributed by atoms with Crippen LogP contribution in [0.15, 0.2) is 0 Å². The predicted octanol–water partition coefficient (Wildman–Crippen LogP) is 1.72. The maximum Gasteiger partial charge on any atom is 0.225 e. The van der Waals surface area contributed by atoms with Crippen LogP contribution in [0.3, 0.4) is 0 Å². The van der Waals surface area contributed by atoms with Crippen LogP contribution in [0.25, 0.3) is 0 Å². The fraction of sp³-hybridized carbons (Fsp3) is 0.933. The molecule has 1 aliphatic carbocycles. The first-order valence-corrected chi connectivity index (χ1v) is 7.88. The van der Waals surface area contributed by atoms with E-state index in [1.807, 2.05) is 4.90 Å². The average Bonchev–Trinajstić information content (AvgIpc) is 3.14. The van der Waals surface area contributed by atoms with Gasteiger partial charge in [-0.05, 0) is 25.7 Å². The molecule has 0 radical (unpaired) electrons. The van der Waals surface area contributed by atoms with E-state index < -0.39 is 0 Å². The van der Waals surface area contributed by atoms with Crippen LogP contribution in [-0.4, -0.2) is 55.9 Å². The summed E-state index contributed by atoms with van der Waals surface area (Å²) in [6, 6.07) is 0.391. The monoisotopic (exact) mass is 320 g/mol. The molecular weight excluding hydrogens is 292 g/mol. The van der Waals surface area contributed by atoms with Gasteiger partial charge in [0.1, 0.15) is 0 Å². The van der Waals surface area contributed by atoms with Crippen LogP contribution < -0.4 is 5.73 Å². The van der Waals surface area contributed by atoms with Gasteiger partial charge in [0.05, 0.1) is 18.6 Å². The van der Waals surface area contributed by atoms with Crippen LogP contribution in [0.2, 0.25) is 0 Å². The van der Waals surface area contributed by atoms with E-state index in [9.17, 15) is 4.79 Å². The molecule has 2 rings (SSSR count). The number of methoxy groups -OCH3 is 1. The molecule has 2 N–H and O–H groups in total. The van der Waals surface area contributed by atoms with Crippen LogP contribution in [0.1, 0.15) is 44.9 Å². The van der Waals surface area contributed by atoms with Crippen molar-refractivity contribution in [2.24, 2.45) is 5.73 Å². The molecule has 1 amide bonds. The van der Waals surface area contributed by atoms with Crippen molar-refractivity contribution in [2.45, 2.75) is 63.2 Å². The minimum atomic E-state index is -0.170. The quantitative estimate of drug-likeness (QED) is 0.776. The van der Waals surface area contributed by atoms with Gasteiger partial charge in [0, 0.05) is 32.8 Å². The van der Waals surface area contributed by atoms with Gasteiger partial charge in [-0.3, -0.25) is 4.79 Å². The van der Waals surface area contributed by atoms with Gasteiger partial charge in [-0.15, -0.1) is 12.4 Å². The Balaban J connectivity index is 0.00000220. The van der Waals surface area contributed by atoms with Crippen molar-refractivity contribution in [3.05, 3.63) is 0 Å². The summed E-state index contributed by atoms with van der Waals surface area (Å²) < 4.78 is 11.0. The molecule has 1 heterocycles. The van der Waals surface area contributed by atoms with Gasteiger partial charge in [-0.2, -0.15) is 0 Å². The van der Waals surface area contributed by atoms with Gasteiger partial charge in [-0.25, -0.2) is 0 Å². The Morgan fingerprint density at radius 1 is 1.33 bits per heavy atom. The summed E-state index contributed by atoms with van der Waals surface area (Å²) in [4.78, 5) is 14.6. The smallest absolute Gasteiger partial charge is 0.225 e. The first kappa shape index (κ1) is 18.7. The van der Waals surface area contributed by atoms with Gasteiger partial charge in [0.25, 0.3) is 0 Å². The topological polar surface area (TPSA) is 64.8 Å². The number of halogens is 1. The second-order valence-corrected chi connectivity index (χ2v) is 5.92. The van der Waals surface area contributed by atoms with Gasteiger partial charge in [0.15, 0.2) is 0 Å². The molecule has 0 aromatic carbocycles. The van der Waals surface area contributed by atoms with E-state index in [4.69, 9.17) is 15.2 Å². The molecule has 0 aromatic heterocycles. The third-order valence-corrected chi connectivity index (χ3v) is 4.51. The summed E-state index contributed by atoms with van der Waals surface area (Å²) in [6.45, 7) is 1.96. The number of rotatable bonds is 7. The van der Waals surface area contributed by atoms with Crippen molar-refractivity contribution >= 4 is 18.3 Å². The van der Waals surface area contributed by atoms with Crippen LogP contribution in [0.4, 0.5) is 0 Å². The van der Waals surface area contributed by atoms with Crippen molar-refractivity contribution in [3.63, 3.8) is 0 Å². The Bertz CT molecular complexity index is 301. The van der Waals surface area contributed by atoms with E-state index in [0.29, 0.717) is 19.0 Å². The molecule has 2 atom stereocenters. The molecule has 2 aliphatic rings. The molecule has 2 fully saturated rings. The first-order chi connectivity index (χ1) is 9.74. The van der Waals surface area contributed by atoms with Crippen LogP contribution in [0.5, 0.6) is 0 Å². The molecule has 5 nitrogen and oxygen atoms in total. The third kappa shape index (κ3) is 5.40. The van der Waals surface area contributed by atoms with Crippen LogP contribution in [0, 0.1) is 0 Å². The normalized spacial score (nSPS) is 23.8. The van der Waals surface area contributed by atoms with Crippen molar-refractivity contribution in [3.8, 4) is 0 Å². The summed E-state index contributed by atoms with van der Waals surface area (Å²) in [5.41, 5.74) is 5.63. The molecule has 1 aliphatic heterocycles. The molecule has 0 aromatic rings. The zero-order valence-electron chi connectivity index (χ0n) is 13.0. The second-order valence-electron chi connectivity index (χ2n) is 5.92.